The van der Waals surface area contributed by atoms with Gasteiger partial charge in [-0.1, -0.05) is 49.4 Å². The SMILES string of the molecule is CC[C@H](N)[C@H](O)C(=O)NCCc1ccc2ccccc2c1. The first kappa shape index (κ1) is 15.5. The van der Waals surface area contributed by atoms with Gasteiger partial charge in [0.05, 0.1) is 0 Å². The summed E-state index contributed by atoms with van der Waals surface area (Å²) in [4.78, 5) is 11.7. The van der Waals surface area contributed by atoms with Gasteiger partial charge in [-0.15, -0.1) is 0 Å². The molecule has 4 nitrogen and oxygen atoms in total. The van der Waals surface area contributed by atoms with E-state index in [1.807, 2.05) is 19.1 Å². The van der Waals surface area contributed by atoms with Crippen molar-refractivity contribution in [2.45, 2.75) is 31.9 Å². The van der Waals surface area contributed by atoms with Crippen molar-refractivity contribution in [2.24, 2.45) is 5.73 Å². The molecule has 0 aliphatic carbocycles. The Kier molecular flexibility index (Phi) is 5.31. The number of rotatable bonds is 6. The third-order valence-corrected chi connectivity index (χ3v) is 3.67. The summed E-state index contributed by atoms with van der Waals surface area (Å²) in [5, 5.41) is 14.8. The lowest BCUT2D eigenvalue weighted by molar-refractivity contribution is -0.130. The predicted octanol–water partition coefficient (Wildman–Crippen LogP) is 1.60. The Bertz CT molecular complexity index is 613. The molecule has 0 fully saturated rings. The lowest BCUT2D eigenvalue weighted by Crippen LogP contribution is -2.46. The first-order valence-electron chi connectivity index (χ1n) is 7.31. The number of carbonyl (C=O) groups excluding carboxylic acids is 1. The number of carbonyl (C=O) groups is 1. The van der Waals surface area contributed by atoms with Crippen LogP contribution in [0.2, 0.25) is 0 Å². The van der Waals surface area contributed by atoms with Crippen LogP contribution in [0.4, 0.5) is 0 Å². The third kappa shape index (κ3) is 4.03. The van der Waals surface area contributed by atoms with Crippen molar-refractivity contribution < 1.29 is 9.90 Å². The van der Waals surface area contributed by atoms with Crippen LogP contribution in [0.1, 0.15) is 18.9 Å². The molecule has 0 aromatic heterocycles. The number of nitrogens with two attached hydrogens (primary N) is 1. The van der Waals surface area contributed by atoms with Crippen LogP contribution in [0.25, 0.3) is 10.8 Å². The highest BCUT2D eigenvalue weighted by molar-refractivity contribution is 5.83. The summed E-state index contributed by atoms with van der Waals surface area (Å²) in [5.74, 6) is -0.398. The van der Waals surface area contributed by atoms with Crippen LogP contribution in [0.15, 0.2) is 42.5 Å². The maximum atomic E-state index is 11.7. The van der Waals surface area contributed by atoms with E-state index in [9.17, 15) is 9.90 Å². The average Bonchev–Trinajstić information content (AvgIpc) is 2.53. The first-order valence-corrected chi connectivity index (χ1v) is 7.31. The number of benzene rings is 2. The molecule has 0 radical (unpaired) electrons. The Morgan fingerprint density at radius 3 is 2.67 bits per heavy atom. The van der Waals surface area contributed by atoms with Crippen molar-refractivity contribution in [3.8, 4) is 0 Å². The van der Waals surface area contributed by atoms with Crippen molar-refractivity contribution in [1.29, 1.82) is 0 Å². The molecule has 0 saturated heterocycles. The average molecular weight is 286 g/mol. The molecule has 2 aromatic rings. The summed E-state index contributed by atoms with van der Waals surface area (Å²) in [6.07, 6.45) is 0.163. The molecular weight excluding hydrogens is 264 g/mol. The van der Waals surface area contributed by atoms with Crippen LogP contribution in [0.3, 0.4) is 0 Å². The van der Waals surface area contributed by atoms with Gasteiger partial charge in [0.15, 0.2) is 0 Å². The lowest BCUT2D eigenvalue weighted by atomic mass is 10.0. The van der Waals surface area contributed by atoms with Crippen LogP contribution in [-0.4, -0.2) is 29.7 Å². The smallest absolute Gasteiger partial charge is 0.250 e. The molecule has 0 spiro atoms. The van der Waals surface area contributed by atoms with Crippen LogP contribution in [-0.2, 0) is 11.2 Å². The fourth-order valence-corrected chi connectivity index (χ4v) is 2.25. The van der Waals surface area contributed by atoms with Crippen LogP contribution < -0.4 is 11.1 Å². The summed E-state index contributed by atoms with van der Waals surface area (Å²) >= 11 is 0. The number of hydrogen-bond acceptors (Lipinski definition) is 3. The van der Waals surface area contributed by atoms with Crippen molar-refractivity contribution in [3.63, 3.8) is 0 Å². The molecule has 2 rings (SSSR count). The van der Waals surface area contributed by atoms with E-state index in [1.165, 1.54) is 10.8 Å². The van der Waals surface area contributed by atoms with E-state index in [2.05, 4.69) is 35.6 Å². The van der Waals surface area contributed by atoms with E-state index in [0.717, 1.165) is 12.0 Å². The first-order chi connectivity index (χ1) is 10.1. The minimum Gasteiger partial charge on any atom is -0.382 e. The van der Waals surface area contributed by atoms with Crippen molar-refractivity contribution >= 4 is 16.7 Å². The summed E-state index contributed by atoms with van der Waals surface area (Å²) in [5.41, 5.74) is 6.81. The topological polar surface area (TPSA) is 75.3 Å². The van der Waals surface area contributed by atoms with Gasteiger partial charge < -0.3 is 16.2 Å². The van der Waals surface area contributed by atoms with Crippen molar-refractivity contribution in [3.05, 3.63) is 48.0 Å². The van der Waals surface area contributed by atoms with Gasteiger partial charge in [0.25, 0.3) is 0 Å². The highest BCUT2D eigenvalue weighted by atomic mass is 16.3. The van der Waals surface area contributed by atoms with Gasteiger partial charge in [0, 0.05) is 12.6 Å². The van der Waals surface area contributed by atoms with Crippen LogP contribution in [0, 0.1) is 0 Å². The minimum absolute atomic E-state index is 0.398. The second-order valence-corrected chi connectivity index (χ2v) is 5.24. The number of fused-ring (bicyclic) bond motifs is 1. The van der Waals surface area contributed by atoms with E-state index in [1.54, 1.807) is 0 Å². The Labute approximate surface area is 125 Å². The summed E-state index contributed by atoms with van der Waals surface area (Å²) in [6, 6.07) is 13.9. The van der Waals surface area contributed by atoms with Crippen molar-refractivity contribution in [2.75, 3.05) is 6.54 Å². The van der Waals surface area contributed by atoms with Gasteiger partial charge in [-0.3, -0.25) is 4.79 Å². The quantitative estimate of drug-likeness (QED) is 0.755. The molecule has 112 valence electrons. The lowest BCUT2D eigenvalue weighted by Gasteiger charge is -2.16. The molecule has 2 atom stereocenters. The normalized spacial score (nSPS) is 13.9. The highest BCUT2D eigenvalue weighted by Crippen LogP contribution is 2.15. The van der Waals surface area contributed by atoms with E-state index >= 15 is 0 Å². The predicted molar refractivity (Wildman–Crippen MR) is 84.9 cm³/mol. The molecule has 4 N–H and O–H groups in total. The van der Waals surface area contributed by atoms with Gasteiger partial charge in [-0.05, 0) is 29.2 Å². The van der Waals surface area contributed by atoms with E-state index in [-0.39, 0.29) is 0 Å². The molecule has 21 heavy (non-hydrogen) atoms. The van der Waals surface area contributed by atoms with Crippen LogP contribution in [0.5, 0.6) is 0 Å². The highest BCUT2D eigenvalue weighted by Gasteiger charge is 2.20. The largest absolute Gasteiger partial charge is 0.382 e. The Balaban J connectivity index is 1.89. The summed E-state index contributed by atoms with van der Waals surface area (Å²) in [7, 11) is 0. The van der Waals surface area contributed by atoms with Gasteiger partial charge >= 0.3 is 0 Å². The van der Waals surface area contributed by atoms with E-state index < -0.39 is 18.1 Å². The summed E-state index contributed by atoms with van der Waals surface area (Å²) in [6.45, 7) is 2.33. The van der Waals surface area contributed by atoms with Gasteiger partial charge in [0.1, 0.15) is 6.10 Å². The van der Waals surface area contributed by atoms with E-state index in [0.29, 0.717) is 13.0 Å². The van der Waals surface area contributed by atoms with E-state index in [4.69, 9.17) is 5.73 Å². The molecular formula is C17H22N2O2. The fourth-order valence-electron chi connectivity index (χ4n) is 2.25. The standard InChI is InChI=1S/C17H22N2O2/c1-2-15(18)16(20)17(21)19-10-9-12-7-8-13-5-3-4-6-14(13)11-12/h3-8,11,15-16,20H,2,9-10,18H2,1H3,(H,19,21)/t15-,16-/m0/s1. The molecule has 0 bridgehead atoms. The summed E-state index contributed by atoms with van der Waals surface area (Å²) < 4.78 is 0. The molecule has 0 aliphatic heterocycles. The molecule has 2 aromatic carbocycles. The zero-order chi connectivity index (χ0) is 15.2. The molecule has 1 amide bonds. The Morgan fingerprint density at radius 2 is 1.95 bits per heavy atom. The van der Waals surface area contributed by atoms with Gasteiger partial charge in [0.2, 0.25) is 5.91 Å². The zero-order valence-electron chi connectivity index (χ0n) is 12.3. The molecule has 0 heterocycles. The monoisotopic (exact) mass is 286 g/mol. The fraction of sp³-hybridized carbons (Fsp3) is 0.353. The van der Waals surface area contributed by atoms with Gasteiger partial charge in [-0.25, -0.2) is 0 Å². The number of aliphatic hydroxyl groups is 1. The number of aliphatic hydroxyl groups excluding tert-OH is 1. The van der Waals surface area contributed by atoms with Crippen molar-refractivity contribution in [1.82, 2.24) is 5.32 Å². The number of hydrogen-bond donors (Lipinski definition) is 3. The molecule has 4 heteroatoms. The number of nitrogens with one attached hydrogen (secondary N) is 1. The van der Waals surface area contributed by atoms with Crippen LogP contribution >= 0.6 is 0 Å². The minimum atomic E-state index is -1.13. The maximum absolute atomic E-state index is 11.7. The molecule has 0 saturated carbocycles. The molecule has 0 aliphatic rings. The maximum Gasteiger partial charge on any atom is 0.250 e. The second kappa shape index (κ2) is 7.20. The van der Waals surface area contributed by atoms with Gasteiger partial charge in [-0.2, -0.15) is 0 Å². The second-order valence-electron chi connectivity index (χ2n) is 5.24. The Hall–Kier alpha value is -1.91. The third-order valence-electron chi connectivity index (χ3n) is 3.67. The molecule has 0 unspecified atom stereocenters. The number of amides is 1. The Morgan fingerprint density at radius 1 is 1.24 bits per heavy atom. The zero-order valence-corrected chi connectivity index (χ0v) is 12.3.